The molecule has 2 atom stereocenters. The van der Waals surface area contributed by atoms with Gasteiger partial charge in [0.25, 0.3) is 0 Å². The quantitative estimate of drug-likeness (QED) is 0.581. The van der Waals surface area contributed by atoms with Crippen molar-refractivity contribution in [3.63, 3.8) is 0 Å². The normalized spacial score (nSPS) is 16.5. The Morgan fingerprint density at radius 2 is 1.75 bits per heavy atom. The van der Waals surface area contributed by atoms with Crippen molar-refractivity contribution >= 4 is 0 Å². The van der Waals surface area contributed by atoms with E-state index in [0.29, 0.717) is 11.8 Å². The van der Waals surface area contributed by atoms with Crippen LogP contribution in [-0.2, 0) is 5.11 Å². The second-order valence-corrected chi connectivity index (χ2v) is 4.27. The maximum Gasteiger partial charge on any atom is 0.0955 e. The Morgan fingerprint density at radius 1 is 1.17 bits per heavy atom. The largest absolute Gasteiger partial charge is 0.233 e. The summed E-state index contributed by atoms with van der Waals surface area (Å²) >= 11 is 0. The lowest BCUT2D eigenvalue weighted by Gasteiger charge is -2.16. The van der Waals surface area contributed by atoms with Crippen LogP contribution in [0.3, 0.4) is 0 Å². The molecule has 0 aromatic carbocycles. The van der Waals surface area contributed by atoms with E-state index in [1.807, 2.05) is 13.8 Å². The third-order valence-electron chi connectivity index (χ3n) is 2.43. The molecule has 0 rings (SSSR count). The number of hydrogen-bond acceptors (Lipinski definition) is 0. The van der Waals surface area contributed by atoms with Gasteiger partial charge in [0.2, 0.25) is 0 Å². The topological polar surface area (TPSA) is 19.9 Å². The first-order valence-electron chi connectivity index (χ1n) is 5.23. The summed E-state index contributed by atoms with van der Waals surface area (Å²) in [7, 11) is 0. The van der Waals surface area contributed by atoms with Crippen LogP contribution < -0.4 is 0 Å². The fraction of sp³-hybridized carbons (Fsp3) is 1.00. The Balaban J connectivity index is 3.47. The smallest absolute Gasteiger partial charge is 0.0955 e. The highest BCUT2D eigenvalue weighted by atomic mass is 16.3. The Kier molecular flexibility index (Phi) is 6.45. The van der Waals surface area contributed by atoms with Gasteiger partial charge in [-0.25, -0.2) is 5.11 Å². The Morgan fingerprint density at radius 3 is 2.17 bits per heavy atom. The number of hydrogen-bond donors (Lipinski definition) is 0. The van der Waals surface area contributed by atoms with E-state index in [1.54, 1.807) is 0 Å². The van der Waals surface area contributed by atoms with Crippen molar-refractivity contribution < 1.29 is 5.11 Å². The summed E-state index contributed by atoms with van der Waals surface area (Å²) in [5.41, 5.74) is 0. The maximum absolute atomic E-state index is 11.4. The Hall–Kier alpha value is -0.0400. The molecule has 0 aromatic heterocycles. The highest BCUT2D eigenvalue weighted by Gasteiger charge is 2.14. The van der Waals surface area contributed by atoms with Crippen LogP contribution >= 0.6 is 0 Å². The third-order valence-corrected chi connectivity index (χ3v) is 2.43. The molecule has 73 valence electrons. The van der Waals surface area contributed by atoms with Crippen LogP contribution in [0.5, 0.6) is 0 Å². The summed E-state index contributed by atoms with van der Waals surface area (Å²) in [6.07, 6.45) is 4.25. The Bertz CT molecular complexity index is 99.2. The second kappa shape index (κ2) is 6.47. The van der Waals surface area contributed by atoms with Crippen LogP contribution in [0.2, 0.25) is 0 Å². The molecule has 1 radical (unpaired) electrons. The first-order valence-corrected chi connectivity index (χ1v) is 5.23. The van der Waals surface area contributed by atoms with Crippen LogP contribution in [0.25, 0.3) is 0 Å². The lowest BCUT2D eigenvalue weighted by molar-refractivity contribution is 0.0298. The standard InChI is InChI=1S/C11H23O/c1-5-6-7-10(4)8-11(12)9(2)3/h9-11H,5-8H2,1-4H3. The van der Waals surface area contributed by atoms with Gasteiger partial charge < -0.3 is 0 Å². The summed E-state index contributed by atoms with van der Waals surface area (Å²) in [5.74, 6) is 0.920. The minimum atomic E-state index is -0.350. The fourth-order valence-electron chi connectivity index (χ4n) is 1.34. The van der Waals surface area contributed by atoms with Crippen LogP contribution in [0.15, 0.2) is 0 Å². The molecule has 12 heavy (non-hydrogen) atoms. The predicted octanol–water partition coefficient (Wildman–Crippen LogP) is 3.66. The van der Waals surface area contributed by atoms with E-state index in [2.05, 4.69) is 13.8 Å². The highest BCUT2D eigenvalue weighted by molar-refractivity contribution is 4.64. The van der Waals surface area contributed by atoms with Crippen molar-refractivity contribution in [1.82, 2.24) is 0 Å². The molecule has 0 amide bonds. The molecule has 0 aliphatic carbocycles. The molecule has 0 aliphatic rings. The lowest BCUT2D eigenvalue weighted by Crippen LogP contribution is -2.16. The molecular formula is C11H23O. The van der Waals surface area contributed by atoms with Crippen molar-refractivity contribution in [3.05, 3.63) is 0 Å². The molecule has 1 heteroatoms. The summed E-state index contributed by atoms with van der Waals surface area (Å²) in [4.78, 5) is 0. The zero-order valence-electron chi connectivity index (χ0n) is 8.97. The van der Waals surface area contributed by atoms with E-state index in [4.69, 9.17) is 0 Å². The van der Waals surface area contributed by atoms with Crippen molar-refractivity contribution in [2.45, 2.75) is 59.5 Å². The molecule has 0 saturated heterocycles. The van der Waals surface area contributed by atoms with E-state index in [9.17, 15) is 5.11 Å². The monoisotopic (exact) mass is 171 g/mol. The van der Waals surface area contributed by atoms with Gasteiger partial charge in [-0.05, 0) is 18.3 Å². The molecule has 0 spiro atoms. The van der Waals surface area contributed by atoms with E-state index in [0.717, 1.165) is 6.42 Å². The van der Waals surface area contributed by atoms with E-state index < -0.39 is 0 Å². The minimum Gasteiger partial charge on any atom is -0.233 e. The second-order valence-electron chi connectivity index (χ2n) is 4.27. The average molecular weight is 171 g/mol. The van der Waals surface area contributed by atoms with Crippen LogP contribution in [0.1, 0.15) is 53.4 Å². The number of unbranched alkanes of at least 4 members (excludes halogenated alkanes) is 1. The van der Waals surface area contributed by atoms with Crippen molar-refractivity contribution in [2.75, 3.05) is 0 Å². The molecule has 0 aromatic rings. The zero-order valence-corrected chi connectivity index (χ0v) is 8.97. The van der Waals surface area contributed by atoms with Crippen molar-refractivity contribution in [2.24, 2.45) is 11.8 Å². The van der Waals surface area contributed by atoms with Gasteiger partial charge in [0.15, 0.2) is 0 Å². The third kappa shape index (κ3) is 5.59. The summed E-state index contributed by atoms with van der Waals surface area (Å²) < 4.78 is 0. The maximum atomic E-state index is 11.4. The Labute approximate surface area is 77.2 Å². The lowest BCUT2D eigenvalue weighted by atomic mass is 9.93. The van der Waals surface area contributed by atoms with Crippen LogP contribution in [-0.4, -0.2) is 6.10 Å². The molecule has 0 N–H and O–H groups in total. The SMILES string of the molecule is CCCCC(C)CC([O])C(C)C. The minimum absolute atomic E-state index is 0.300. The van der Waals surface area contributed by atoms with Crippen LogP contribution in [0.4, 0.5) is 0 Å². The molecule has 0 fully saturated rings. The summed E-state index contributed by atoms with van der Waals surface area (Å²) in [6.45, 7) is 8.43. The van der Waals surface area contributed by atoms with Gasteiger partial charge in [-0.15, -0.1) is 0 Å². The van der Waals surface area contributed by atoms with Gasteiger partial charge in [-0.1, -0.05) is 47.0 Å². The molecule has 0 aliphatic heterocycles. The molecule has 2 unspecified atom stereocenters. The van der Waals surface area contributed by atoms with Crippen molar-refractivity contribution in [1.29, 1.82) is 0 Å². The van der Waals surface area contributed by atoms with Gasteiger partial charge >= 0.3 is 0 Å². The van der Waals surface area contributed by atoms with E-state index in [1.165, 1.54) is 19.3 Å². The average Bonchev–Trinajstić information content (AvgIpc) is 2.00. The van der Waals surface area contributed by atoms with E-state index in [-0.39, 0.29) is 6.10 Å². The molecule has 1 nitrogen and oxygen atoms in total. The zero-order chi connectivity index (χ0) is 9.56. The van der Waals surface area contributed by atoms with Gasteiger partial charge in [0.05, 0.1) is 6.10 Å². The van der Waals surface area contributed by atoms with E-state index >= 15 is 0 Å². The summed E-state index contributed by atoms with van der Waals surface area (Å²) in [6, 6.07) is 0. The first kappa shape index (κ1) is 12.0. The van der Waals surface area contributed by atoms with Gasteiger partial charge in [0.1, 0.15) is 0 Å². The highest BCUT2D eigenvalue weighted by Crippen LogP contribution is 2.18. The van der Waals surface area contributed by atoms with Gasteiger partial charge in [-0.3, -0.25) is 0 Å². The van der Waals surface area contributed by atoms with Gasteiger partial charge in [0, 0.05) is 0 Å². The first-order chi connectivity index (χ1) is 5.57. The van der Waals surface area contributed by atoms with Gasteiger partial charge in [-0.2, -0.15) is 0 Å². The number of rotatable bonds is 6. The molecular weight excluding hydrogens is 148 g/mol. The summed E-state index contributed by atoms with van der Waals surface area (Å²) in [5, 5.41) is 11.4. The fourth-order valence-corrected chi connectivity index (χ4v) is 1.34. The molecule has 0 saturated carbocycles. The predicted molar refractivity (Wildman–Crippen MR) is 52.6 cm³/mol. The molecule has 0 heterocycles. The molecule has 0 bridgehead atoms. The van der Waals surface area contributed by atoms with Crippen molar-refractivity contribution in [3.8, 4) is 0 Å². The van der Waals surface area contributed by atoms with Crippen LogP contribution in [0, 0.1) is 11.8 Å².